The van der Waals surface area contributed by atoms with E-state index >= 15 is 0 Å². The number of hydrogen-bond acceptors (Lipinski definition) is 4. The van der Waals surface area contributed by atoms with Crippen LogP contribution in [0, 0.1) is 12.7 Å². The van der Waals surface area contributed by atoms with Gasteiger partial charge < -0.3 is 24.7 Å². The van der Waals surface area contributed by atoms with Crippen molar-refractivity contribution < 1.29 is 23.5 Å². The Bertz CT molecular complexity index is 1260. The Morgan fingerprint density at radius 2 is 2.00 bits per heavy atom. The van der Waals surface area contributed by atoms with Crippen LogP contribution in [0.5, 0.6) is 5.75 Å². The lowest BCUT2D eigenvalue weighted by atomic mass is 9.91. The molecule has 1 saturated heterocycles. The predicted molar refractivity (Wildman–Crippen MR) is 130 cm³/mol. The predicted octanol–water partition coefficient (Wildman–Crippen LogP) is 3.75. The van der Waals surface area contributed by atoms with E-state index in [-0.39, 0.29) is 30.8 Å². The molecule has 1 spiro atoms. The molecule has 0 aliphatic carbocycles. The van der Waals surface area contributed by atoms with Gasteiger partial charge in [0.1, 0.15) is 23.9 Å². The Labute approximate surface area is 203 Å². The second-order valence-electron chi connectivity index (χ2n) is 9.30. The number of aromatic amines is 1. The molecular formula is C27H30FN3O4. The van der Waals surface area contributed by atoms with Gasteiger partial charge in [-0.3, -0.25) is 9.59 Å². The Kier molecular flexibility index (Phi) is 6.47. The third-order valence-corrected chi connectivity index (χ3v) is 7.02. The van der Waals surface area contributed by atoms with Crippen LogP contribution in [0.15, 0.2) is 42.5 Å². The van der Waals surface area contributed by atoms with Gasteiger partial charge in [-0.1, -0.05) is 18.2 Å². The molecule has 0 saturated carbocycles. The number of fused-ring (bicyclic) bond motifs is 2. The summed E-state index contributed by atoms with van der Waals surface area (Å²) in [7, 11) is 0. The highest BCUT2D eigenvalue weighted by Gasteiger charge is 2.45. The molecule has 7 nitrogen and oxygen atoms in total. The first kappa shape index (κ1) is 23.4. The molecule has 8 heteroatoms. The zero-order valence-electron chi connectivity index (χ0n) is 19.9. The van der Waals surface area contributed by atoms with Crippen molar-refractivity contribution in [3.63, 3.8) is 0 Å². The van der Waals surface area contributed by atoms with Crippen molar-refractivity contribution in [2.24, 2.45) is 0 Å². The zero-order valence-corrected chi connectivity index (χ0v) is 19.9. The third kappa shape index (κ3) is 4.62. The second kappa shape index (κ2) is 9.70. The number of aromatic nitrogens is 1. The highest BCUT2D eigenvalue weighted by Crippen LogP contribution is 2.30. The molecule has 2 aromatic carbocycles. The van der Waals surface area contributed by atoms with Gasteiger partial charge >= 0.3 is 0 Å². The number of carbonyl (C=O) groups is 2. The highest BCUT2D eigenvalue weighted by molar-refractivity contribution is 6.01. The normalized spacial score (nSPS) is 21.5. The van der Waals surface area contributed by atoms with Gasteiger partial charge in [0.25, 0.3) is 11.8 Å². The number of para-hydroxylation sites is 1. The van der Waals surface area contributed by atoms with E-state index in [1.54, 1.807) is 11.0 Å². The lowest BCUT2D eigenvalue weighted by Gasteiger charge is -2.41. The van der Waals surface area contributed by atoms with Gasteiger partial charge in [-0.2, -0.15) is 0 Å². The van der Waals surface area contributed by atoms with Crippen LogP contribution >= 0.6 is 0 Å². The van der Waals surface area contributed by atoms with Crippen LogP contribution < -0.4 is 10.1 Å². The summed E-state index contributed by atoms with van der Waals surface area (Å²) in [5.41, 5.74) is 1.86. The summed E-state index contributed by atoms with van der Waals surface area (Å²) in [4.78, 5) is 31.7. The molecule has 3 aromatic rings. The minimum Gasteiger partial charge on any atom is -0.491 e. The molecule has 35 heavy (non-hydrogen) atoms. The topological polar surface area (TPSA) is 83.7 Å². The number of morpholine rings is 1. The van der Waals surface area contributed by atoms with Crippen LogP contribution in [0.1, 0.15) is 40.9 Å². The fourth-order valence-corrected chi connectivity index (χ4v) is 5.09. The maximum absolute atomic E-state index is 13.8. The lowest BCUT2D eigenvalue weighted by Crippen LogP contribution is -2.61. The SMILES string of the molecule is Cc1c(C(=O)N2CCOC3(CCCCc4ccccc4OCCNC3=O)C2)[nH]c2ccc(F)cc12. The summed E-state index contributed by atoms with van der Waals surface area (Å²) in [5.74, 6) is 0.0811. The van der Waals surface area contributed by atoms with Crippen LogP contribution in [0.4, 0.5) is 4.39 Å². The summed E-state index contributed by atoms with van der Waals surface area (Å²) < 4.78 is 25.8. The smallest absolute Gasteiger partial charge is 0.270 e. The van der Waals surface area contributed by atoms with E-state index in [1.165, 1.54) is 12.1 Å². The number of nitrogens with zero attached hydrogens (tertiary/aromatic N) is 1. The molecule has 1 atom stereocenters. The van der Waals surface area contributed by atoms with Crippen molar-refractivity contribution >= 4 is 22.7 Å². The van der Waals surface area contributed by atoms with E-state index in [2.05, 4.69) is 16.4 Å². The molecule has 2 aliphatic rings. The fraction of sp³-hybridized carbons (Fsp3) is 0.407. The quantitative estimate of drug-likeness (QED) is 0.557. The summed E-state index contributed by atoms with van der Waals surface area (Å²) in [6.07, 6.45) is 3.01. The standard InChI is InChI=1S/C27H30FN3O4/c1-18-21-16-20(28)9-10-22(21)30-24(18)25(32)31-13-15-35-27(17-31)11-5-4-7-19-6-2-3-8-23(19)34-14-12-29-26(27)33/h2-3,6,8-10,16,30H,4-5,7,11-15,17H2,1H3,(H,29,33). The maximum Gasteiger partial charge on any atom is 0.270 e. The first-order valence-electron chi connectivity index (χ1n) is 12.2. The Balaban J connectivity index is 1.36. The van der Waals surface area contributed by atoms with Crippen molar-refractivity contribution in [2.45, 2.75) is 38.2 Å². The lowest BCUT2D eigenvalue weighted by molar-refractivity contribution is -0.159. The molecule has 3 heterocycles. The van der Waals surface area contributed by atoms with Gasteiger partial charge in [0.2, 0.25) is 0 Å². The summed E-state index contributed by atoms with van der Waals surface area (Å²) in [6, 6.07) is 12.4. The molecule has 2 aliphatic heterocycles. The first-order valence-corrected chi connectivity index (χ1v) is 12.2. The minimum atomic E-state index is -1.11. The first-order chi connectivity index (χ1) is 17.0. The number of nitrogens with one attached hydrogen (secondary N) is 2. The van der Waals surface area contributed by atoms with Crippen LogP contribution in [0.25, 0.3) is 10.9 Å². The van der Waals surface area contributed by atoms with Crippen molar-refractivity contribution in [1.29, 1.82) is 0 Å². The number of aryl methyl sites for hydroxylation is 2. The number of ether oxygens (including phenoxy) is 2. The van der Waals surface area contributed by atoms with E-state index in [1.807, 2.05) is 25.1 Å². The molecule has 0 bridgehead atoms. The highest BCUT2D eigenvalue weighted by atomic mass is 19.1. The van der Waals surface area contributed by atoms with Crippen LogP contribution in [-0.2, 0) is 16.0 Å². The second-order valence-corrected chi connectivity index (χ2v) is 9.30. The zero-order chi connectivity index (χ0) is 24.4. The largest absolute Gasteiger partial charge is 0.491 e. The summed E-state index contributed by atoms with van der Waals surface area (Å²) >= 11 is 0. The van der Waals surface area contributed by atoms with Crippen LogP contribution in [0.2, 0.25) is 0 Å². The van der Waals surface area contributed by atoms with Crippen molar-refractivity contribution in [2.75, 3.05) is 32.8 Å². The van der Waals surface area contributed by atoms with Crippen molar-refractivity contribution in [3.8, 4) is 5.75 Å². The Morgan fingerprint density at radius 1 is 1.14 bits per heavy atom. The molecular weight excluding hydrogens is 449 g/mol. The molecule has 184 valence electrons. The van der Waals surface area contributed by atoms with Crippen LogP contribution in [-0.4, -0.2) is 60.1 Å². The van der Waals surface area contributed by atoms with E-state index in [0.717, 1.165) is 30.6 Å². The number of rotatable bonds is 1. The Hall–Kier alpha value is -3.39. The van der Waals surface area contributed by atoms with Gasteiger partial charge in [0.05, 0.1) is 19.7 Å². The molecule has 1 unspecified atom stereocenters. The van der Waals surface area contributed by atoms with Gasteiger partial charge in [-0.15, -0.1) is 0 Å². The average molecular weight is 480 g/mol. The van der Waals surface area contributed by atoms with Crippen molar-refractivity contribution in [1.82, 2.24) is 15.2 Å². The molecule has 5 rings (SSSR count). The van der Waals surface area contributed by atoms with E-state index in [4.69, 9.17) is 9.47 Å². The van der Waals surface area contributed by atoms with E-state index in [9.17, 15) is 14.0 Å². The van der Waals surface area contributed by atoms with Gasteiger partial charge in [-0.25, -0.2) is 4.39 Å². The maximum atomic E-state index is 13.8. The average Bonchev–Trinajstić information content (AvgIpc) is 3.19. The number of H-pyrrole nitrogens is 1. The molecule has 1 aromatic heterocycles. The van der Waals surface area contributed by atoms with Gasteiger partial charge in [-0.05, 0) is 68.0 Å². The van der Waals surface area contributed by atoms with Crippen molar-refractivity contribution in [3.05, 3.63) is 65.1 Å². The number of amides is 2. The molecule has 2 N–H and O–H groups in total. The van der Waals surface area contributed by atoms with E-state index in [0.29, 0.717) is 48.3 Å². The van der Waals surface area contributed by atoms with Gasteiger partial charge in [0.15, 0.2) is 5.60 Å². The molecule has 1 fully saturated rings. The number of carbonyl (C=O) groups excluding carboxylic acids is 2. The monoisotopic (exact) mass is 479 g/mol. The van der Waals surface area contributed by atoms with Gasteiger partial charge in [0, 0.05) is 17.4 Å². The summed E-state index contributed by atoms with van der Waals surface area (Å²) in [5, 5.41) is 3.63. The minimum absolute atomic E-state index is 0.165. The molecule has 2 amide bonds. The number of hydrogen-bond donors (Lipinski definition) is 2. The number of halogens is 1. The van der Waals surface area contributed by atoms with E-state index < -0.39 is 5.60 Å². The van der Waals surface area contributed by atoms with Crippen LogP contribution in [0.3, 0.4) is 0 Å². The number of benzene rings is 2. The Morgan fingerprint density at radius 3 is 2.89 bits per heavy atom. The summed E-state index contributed by atoms with van der Waals surface area (Å²) in [6.45, 7) is 3.33. The molecule has 0 radical (unpaired) electrons. The third-order valence-electron chi connectivity index (χ3n) is 7.02. The fourth-order valence-electron chi connectivity index (χ4n) is 5.09.